The number of primary amides is 1. The number of carbonyl (C=O) groups excluding carboxylic acids is 2. The fraction of sp³-hybridized carbons (Fsp3) is 0.286. The number of hydrazine groups is 1. The van der Waals surface area contributed by atoms with Gasteiger partial charge in [0, 0.05) is 25.1 Å². The minimum absolute atomic E-state index is 0.0664. The summed E-state index contributed by atoms with van der Waals surface area (Å²) in [5.74, 6) is -1.63. The van der Waals surface area contributed by atoms with E-state index >= 15 is 0 Å². The van der Waals surface area contributed by atoms with Gasteiger partial charge in [0.15, 0.2) is 5.96 Å². The number of nitrogens with two attached hydrogens (primary N) is 3. The van der Waals surface area contributed by atoms with Crippen LogP contribution >= 0.6 is 0 Å². The van der Waals surface area contributed by atoms with Crippen molar-refractivity contribution in [2.45, 2.75) is 36.2 Å². The number of nitro benzene ring substituents is 1. The van der Waals surface area contributed by atoms with Crippen molar-refractivity contribution in [3.8, 4) is 0 Å². The first-order valence-electron chi connectivity index (χ1n) is 10.7. The number of nitrogens with one attached hydrogen (secondary N) is 3. The van der Waals surface area contributed by atoms with Gasteiger partial charge in [0.1, 0.15) is 12.1 Å². The first-order valence-corrected chi connectivity index (χ1v) is 12.2. The monoisotopic (exact) mass is 520 g/mol. The predicted molar refractivity (Wildman–Crippen MR) is 132 cm³/mol. The Hall–Kier alpha value is -4.08. The molecule has 2 amide bonds. The maximum absolute atomic E-state index is 13.0. The number of nitro groups is 1. The Morgan fingerprint density at radius 2 is 1.72 bits per heavy atom. The number of aliphatic imine (C=N–C) groups is 1. The molecule has 36 heavy (non-hydrogen) atoms. The summed E-state index contributed by atoms with van der Waals surface area (Å²) < 4.78 is 25.3. The third-order valence-corrected chi connectivity index (χ3v) is 6.17. The topological polar surface area (TPSA) is 238 Å². The zero-order valence-corrected chi connectivity index (χ0v) is 20.0. The molecule has 15 heteroatoms. The molecule has 2 rings (SSSR count). The summed E-state index contributed by atoms with van der Waals surface area (Å²) in [5.41, 5.74) is 18.8. The van der Waals surface area contributed by atoms with Crippen molar-refractivity contribution >= 4 is 33.5 Å². The van der Waals surface area contributed by atoms with E-state index in [9.17, 15) is 28.1 Å². The third kappa shape index (κ3) is 8.94. The number of benzene rings is 2. The highest BCUT2D eigenvalue weighted by molar-refractivity contribution is 7.89. The summed E-state index contributed by atoms with van der Waals surface area (Å²) in [4.78, 5) is 40.7. The van der Waals surface area contributed by atoms with Gasteiger partial charge in [-0.25, -0.2) is 13.8 Å². The van der Waals surface area contributed by atoms with Crippen LogP contribution in [-0.2, 0) is 26.0 Å². The van der Waals surface area contributed by atoms with Crippen LogP contribution in [0.25, 0.3) is 0 Å². The quantitative estimate of drug-likeness (QED) is 0.0588. The van der Waals surface area contributed by atoms with Crippen molar-refractivity contribution < 1.29 is 22.9 Å². The van der Waals surface area contributed by atoms with Gasteiger partial charge in [0.05, 0.1) is 9.82 Å². The summed E-state index contributed by atoms with van der Waals surface area (Å²) in [7, 11) is -4.29. The van der Waals surface area contributed by atoms with E-state index < -0.39 is 44.5 Å². The molecular weight excluding hydrogens is 492 g/mol. The zero-order valence-electron chi connectivity index (χ0n) is 19.2. The van der Waals surface area contributed by atoms with Crippen molar-refractivity contribution in [3.05, 3.63) is 70.3 Å². The van der Waals surface area contributed by atoms with Gasteiger partial charge in [0.25, 0.3) is 15.7 Å². The largest absolute Gasteiger partial charge is 0.370 e. The van der Waals surface area contributed by atoms with Gasteiger partial charge >= 0.3 is 0 Å². The molecule has 0 saturated heterocycles. The molecular formula is C21H28N8O6S. The molecule has 0 heterocycles. The normalized spacial score (nSPS) is 12.8. The number of hydrogen-bond acceptors (Lipinski definition) is 8. The minimum atomic E-state index is -4.29. The molecule has 2 atom stereocenters. The van der Waals surface area contributed by atoms with Crippen molar-refractivity contribution in [2.75, 3.05) is 6.54 Å². The van der Waals surface area contributed by atoms with Crippen LogP contribution in [-0.4, -0.2) is 49.7 Å². The van der Waals surface area contributed by atoms with E-state index in [1.54, 1.807) is 30.3 Å². The molecule has 0 bridgehead atoms. The van der Waals surface area contributed by atoms with Crippen LogP contribution in [0.2, 0.25) is 0 Å². The van der Waals surface area contributed by atoms with Gasteiger partial charge in [-0.05, 0) is 24.5 Å². The molecule has 0 aliphatic rings. The molecule has 0 unspecified atom stereocenters. The Bertz CT molecular complexity index is 1200. The molecule has 0 radical (unpaired) electrons. The lowest BCUT2D eigenvalue weighted by atomic mass is 10.0. The Morgan fingerprint density at radius 3 is 2.33 bits per heavy atom. The lowest BCUT2D eigenvalue weighted by molar-refractivity contribution is -0.385. The van der Waals surface area contributed by atoms with E-state index in [0.717, 1.165) is 23.8 Å². The van der Waals surface area contributed by atoms with Gasteiger partial charge < -0.3 is 22.5 Å². The maximum Gasteiger partial charge on any atom is 0.270 e. The second-order valence-corrected chi connectivity index (χ2v) is 9.34. The third-order valence-electron chi connectivity index (χ3n) is 4.91. The Kier molecular flexibility index (Phi) is 10.3. The summed E-state index contributed by atoms with van der Waals surface area (Å²) in [6.07, 6.45) is 0.473. The number of amides is 2. The fourth-order valence-electron chi connectivity index (χ4n) is 3.09. The lowest BCUT2D eigenvalue weighted by Crippen LogP contribution is -2.56. The first kappa shape index (κ1) is 28.2. The molecule has 0 saturated carbocycles. The standard InChI is InChI=1S/C21H28N8O6S/c22-19(30)18(12-14-6-2-1-3-7-14)26-20(31)17(10-5-11-25-21(23)24)27-28-36(34,35)16-9-4-8-15(13-16)29(32)33/h1-4,6-9,13,17-18,27-28H,5,10-12H2,(H2,22,30)(H,26,31)(H4,23,24,25)/t17-,18-/m0/s1. The minimum Gasteiger partial charge on any atom is -0.370 e. The SMILES string of the molecule is NC(=O)[C@H](Cc1ccccc1)NC(=O)[C@H](CCCN=C(N)N)NNS(=O)(=O)c1cccc([N+](=O)[O-])c1. The van der Waals surface area contributed by atoms with Gasteiger partial charge in [0.2, 0.25) is 11.8 Å². The molecule has 0 fully saturated rings. The van der Waals surface area contributed by atoms with Gasteiger partial charge in [-0.2, -0.15) is 0 Å². The average Bonchev–Trinajstić information content (AvgIpc) is 2.83. The highest BCUT2D eigenvalue weighted by Crippen LogP contribution is 2.17. The molecule has 0 aromatic heterocycles. The Morgan fingerprint density at radius 1 is 1.03 bits per heavy atom. The summed E-state index contributed by atoms with van der Waals surface area (Å²) >= 11 is 0. The van der Waals surface area contributed by atoms with E-state index in [4.69, 9.17) is 17.2 Å². The van der Waals surface area contributed by atoms with Crippen LogP contribution in [0.3, 0.4) is 0 Å². The molecule has 2 aromatic carbocycles. The number of non-ortho nitro benzene ring substituents is 1. The summed E-state index contributed by atoms with van der Waals surface area (Å²) in [5, 5.41) is 13.5. The number of nitrogens with zero attached hydrogens (tertiary/aromatic N) is 2. The fourth-order valence-corrected chi connectivity index (χ4v) is 4.04. The average molecular weight is 521 g/mol. The van der Waals surface area contributed by atoms with Crippen LogP contribution in [0.4, 0.5) is 5.69 Å². The lowest BCUT2D eigenvalue weighted by Gasteiger charge is -2.22. The van der Waals surface area contributed by atoms with Crippen LogP contribution in [0, 0.1) is 10.1 Å². The van der Waals surface area contributed by atoms with Crippen LogP contribution < -0.4 is 32.8 Å². The molecule has 2 aromatic rings. The molecule has 0 aliphatic carbocycles. The van der Waals surface area contributed by atoms with Crippen molar-refractivity contribution in [2.24, 2.45) is 22.2 Å². The van der Waals surface area contributed by atoms with E-state index in [1.165, 1.54) is 6.07 Å². The van der Waals surface area contributed by atoms with Crippen molar-refractivity contribution in [3.63, 3.8) is 0 Å². The molecule has 0 aliphatic heterocycles. The van der Waals surface area contributed by atoms with Crippen molar-refractivity contribution in [1.29, 1.82) is 0 Å². The zero-order chi connectivity index (χ0) is 26.7. The molecule has 0 spiro atoms. The predicted octanol–water partition coefficient (Wildman–Crippen LogP) is -0.987. The first-order chi connectivity index (χ1) is 17.0. The van der Waals surface area contributed by atoms with E-state index in [-0.39, 0.29) is 36.7 Å². The van der Waals surface area contributed by atoms with E-state index in [0.29, 0.717) is 0 Å². The highest BCUT2D eigenvalue weighted by Gasteiger charge is 2.26. The Balaban J connectivity index is 2.16. The van der Waals surface area contributed by atoms with Gasteiger partial charge in [-0.15, -0.1) is 4.83 Å². The number of hydrogen-bond donors (Lipinski definition) is 6. The summed E-state index contributed by atoms with van der Waals surface area (Å²) in [6, 6.07) is 11.0. The van der Waals surface area contributed by atoms with Gasteiger partial charge in [-0.3, -0.25) is 24.7 Å². The van der Waals surface area contributed by atoms with Crippen molar-refractivity contribution in [1.82, 2.24) is 15.6 Å². The smallest absolute Gasteiger partial charge is 0.270 e. The number of carbonyl (C=O) groups is 2. The second kappa shape index (κ2) is 13.1. The summed E-state index contributed by atoms with van der Waals surface area (Å²) in [6.45, 7) is 0.161. The molecule has 14 nitrogen and oxygen atoms in total. The van der Waals surface area contributed by atoms with Crippen LogP contribution in [0.5, 0.6) is 0 Å². The maximum atomic E-state index is 13.0. The Labute approximate surface area is 207 Å². The number of guanidine groups is 1. The molecule has 194 valence electrons. The second-order valence-electron chi connectivity index (χ2n) is 7.66. The van der Waals surface area contributed by atoms with E-state index in [2.05, 4.69) is 20.6 Å². The molecule has 9 N–H and O–H groups in total. The van der Waals surface area contributed by atoms with Gasteiger partial charge in [-0.1, -0.05) is 36.4 Å². The number of sulfonamides is 1. The number of rotatable bonds is 14. The van der Waals surface area contributed by atoms with Crippen LogP contribution in [0.15, 0.2) is 64.5 Å². The van der Waals surface area contributed by atoms with Crippen LogP contribution in [0.1, 0.15) is 18.4 Å². The highest BCUT2D eigenvalue weighted by atomic mass is 32.2. The van der Waals surface area contributed by atoms with E-state index in [1.807, 2.05) is 0 Å².